The Morgan fingerprint density at radius 2 is 1.04 bits per heavy atom. The molecule has 2 rings (SSSR count). The van der Waals surface area contributed by atoms with E-state index in [0.29, 0.717) is 5.56 Å². The standard InChI is InChI=1S/C42H50F18O9Si/c1-23(2)70(24(3)4,20-18-36(45,46)38(49,50)40(53,54)42(58,59)60)69-31-14-16-32(61)66-25(5)21-34(63)68-26(6)30(13-15-33(62)67-27(31)7)65-22-28-9-11-29(12-10-28)64-19-8-17-35(43,44)37(47,48)39(51,52)41(55,56)57/h9-16,23-27,30-31H,8,17-22H2,1-7H3/b15-13+,16-14+/t25-,26-,27-,30-,31-/m0/s1. The highest BCUT2D eigenvalue weighted by Crippen LogP contribution is 2.56. The molecule has 402 valence electrons. The summed E-state index contributed by atoms with van der Waals surface area (Å²) in [6.45, 7) is 8.14. The van der Waals surface area contributed by atoms with Crippen molar-refractivity contribution in [1.82, 2.24) is 0 Å². The van der Waals surface area contributed by atoms with Gasteiger partial charge in [-0.05, 0) is 74.2 Å². The van der Waals surface area contributed by atoms with Crippen molar-refractivity contribution in [2.24, 2.45) is 0 Å². The van der Waals surface area contributed by atoms with Crippen molar-refractivity contribution in [3.05, 3.63) is 54.1 Å². The minimum Gasteiger partial charge on any atom is -0.494 e. The molecule has 9 nitrogen and oxygen atoms in total. The number of carbonyl (C=O) groups excluding carboxylic acids is 3. The molecule has 0 saturated carbocycles. The lowest BCUT2D eigenvalue weighted by Gasteiger charge is -2.43. The average molecular weight is 1070 g/mol. The summed E-state index contributed by atoms with van der Waals surface area (Å²) in [5, 5.41) is 0. The Kier molecular flexibility index (Phi) is 20.4. The van der Waals surface area contributed by atoms with Gasteiger partial charge in [0.1, 0.15) is 36.3 Å². The number of benzene rings is 1. The molecule has 1 heterocycles. The number of alkyl halides is 18. The van der Waals surface area contributed by atoms with Gasteiger partial charge in [-0.1, -0.05) is 39.8 Å². The maximum absolute atomic E-state index is 14.9. The van der Waals surface area contributed by atoms with Crippen molar-refractivity contribution in [3.8, 4) is 5.75 Å². The van der Waals surface area contributed by atoms with Crippen molar-refractivity contribution in [2.45, 2.75) is 176 Å². The molecule has 0 N–H and O–H groups in total. The highest BCUT2D eigenvalue weighted by Gasteiger charge is 2.82. The second kappa shape index (κ2) is 23.1. The van der Waals surface area contributed by atoms with E-state index in [-0.39, 0.29) is 12.4 Å². The molecular weight excluding hydrogens is 1020 g/mol. The minimum absolute atomic E-state index is 0.109. The van der Waals surface area contributed by atoms with Crippen LogP contribution in [0.3, 0.4) is 0 Å². The number of carbonyl (C=O) groups is 3. The van der Waals surface area contributed by atoms with E-state index in [1.165, 1.54) is 72.7 Å². The quantitative estimate of drug-likeness (QED) is 0.0440. The second-order valence-electron chi connectivity index (χ2n) is 16.9. The number of esters is 3. The molecule has 0 amide bonds. The van der Waals surface area contributed by atoms with Gasteiger partial charge >= 0.3 is 65.8 Å². The SMILES string of the molecule is CC(C)[Si](CCC(F)(F)C(F)(F)C(F)(F)C(F)(F)F)(O[C@H]1/C=C/C(=O)O[C@@H](C)CC(=O)O[C@@H](C)[C@@H](OCc2ccc(OCCCC(F)(F)C(F)(F)C(F)(F)C(F)(F)F)cc2)/C=C/C(=O)O[C@H]1C)C(C)C. The van der Waals surface area contributed by atoms with Gasteiger partial charge in [-0.3, -0.25) is 4.79 Å². The number of cyclic esters (lactones) is 3. The highest BCUT2D eigenvalue weighted by atomic mass is 28.4. The Hall–Kier alpha value is -4.21. The fourth-order valence-electron chi connectivity index (χ4n) is 6.78. The number of halogens is 18. The lowest BCUT2D eigenvalue weighted by Crippen LogP contribution is -2.61. The molecule has 0 fully saturated rings. The van der Waals surface area contributed by atoms with E-state index in [2.05, 4.69) is 0 Å². The van der Waals surface area contributed by atoms with Gasteiger partial charge in [0.2, 0.25) is 0 Å². The molecule has 1 aliphatic heterocycles. The van der Waals surface area contributed by atoms with E-state index in [1.54, 1.807) is 0 Å². The number of rotatable bonds is 19. The van der Waals surface area contributed by atoms with Gasteiger partial charge in [0.05, 0.1) is 19.6 Å². The topological polar surface area (TPSA) is 107 Å². The van der Waals surface area contributed by atoms with E-state index in [9.17, 15) is 93.4 Å². The lowest BCUT2D eigenvalue weighted by molar-refractivity contribution is -0.396. The predicted octanol–water partition coefficient (Wildman–Crippen LogP) is 12.5. The van der Waals surface area contributed by atoms with Crippen LogP contribution >= 0.6 is 0 Å². The Labute approximate surface area is 390 Å². The average Bonchev–Trinajstić information content (AvgIpc) is 3.20. The summed E-state index contributed by atoms with van der Waals surface area (Å²) >= 11 is 0. The van der Waals surface area contributed by atoms with Crippen LogP contribution in [-0.4, -0.2) is 111 Å². The maximum Gasteiger partial charge on any atom is 0.460 e. The molecule has 1 aromatic rings. The van der Waals surface area contributed by atoms with Crippen LogP contribution in [0.4, 0.5) is 79.0 Å². The van der Waals surface area contributed by atoms with Crippen LogP contribution in [0.1, 0.15) is 79.7 Å². The summed E-state index contributed by atoms with van der Waals surface area (Å²) in [6, 6.07) is 3.85. The highest BCUT2D eigenvalue weighted by molar-refractivity contribution is 6.76. The Balaban J connectivity index is 2.34. The van der Waals surface area contributed by atoms with Crippen LogP contribution in [0.25, 0.3) is 0 Å². The maximum atomic E-state index is 14.9. The molecule has 0 aromatic heterocycles. The molecule has 0 aliphatic carbocycles. The summed E-state index contributed by atoms with van der Waals surface area (Å²) in [6.07, 6.45) is -23.3. The van der Waals surface area contributed by atoms with Crippen LogP contribution in [0.15, 0.2) is 48.6 Å². The molecule has 28 heteroatoms. The summed E-state index contributed by atoms with van der Waals surface area (Å²) < 4.78 is 276. The van der Waals surface area contributed by atoms with Crippen molar-refractivity contribution in [1.29, 1.82) is 0 Å². The molecule has 0 radical (unpaired) electrons. The molecule has 0 saturated heterocycles. The van der Waals surface area contributed by atoms with Crippen LogP contribution < -0.4 is 4.74 Å². The van der Waals surface area contributed by atoms with Gasteiger partial charge in [-0.25, -0.2) is 9.59 Å². The first kappa shape index (κ1) is 61.9. The van der Waals surface area contributed by atoms with Gasteiger partial charge in [0.15, 0.2) is 8.32 Å². The molecule has 0 bridgehead atoms. The van der Waals surface area contributed by atoms with Crippen LogP contribution in [0.2, 0.25) is 17.1 Å². The fourth-order valence-corrected chi connectivity index (χ4v) is 11.4. The molecule has 5 atom stereocenters. The Bertz CT molecular complexity index is 1950. The van der Waals surface area contributed by atoms with Crippen molar-refractivity contribution in [3.63, 3.8) is 0 Å². The van der Waals surface area contributed by atoms with E-state index < -0.39 is 154 Å². The predicted molar refractivity (Wildman–Crippen MR) is 211 cm³/mol. The number of hydrogen-bond donors (Lipinski definition) is 0. The second-order valence-corrected chi connectivity index (χ2v) is 21.9. The van der Waals surface area contributed by atoms with Gasteiger partial charge in [-0.15, -0.1) is 0 Å². The third kappa shape index (κ3) is 14.7. The minimum atomic E-state index is -7.14. The van der Waals surface area contributed by atoms with E-state index in [0.717, 1.165) is 24.3 Å². The fraction of sp³-hybridized carbons (Fsp3) is 0.690. The van der Waals surface area contributed by atoms with Gasteiger partial charge < -0.3 is 28.1 Å². The summed E-state index contributed by atoms with van der Waals surface area (Å²) in [4.78, 5) is 38.8. The lowest BCUT2D eigenvalue weighted by atomic mass is 10.00. The Morgan fingerprint density at radius 3 is 1.51 bits per heavy atom. The third-order valence-electron chi connectivity index (χ3n) is 11.0. The largest absolute Gasteiger partial charge is 0.494 e. The zero-order valence-electron chi connectivity index (χ0n) is 38.1. The smallest absolute Gasteiger partial charge is 0.460 e. The zero-order valence-corrected chi connectivity index (χ0v) is 39.1. The number of hydrogen-bond acceptors (Lipinski definition) is 9. The van der Waals surface area contributed by atoms with Crippen LogP contribution in [-0.2, 0) is 44.4 Å². The zero-order chi connectivity index (χ0) is 54.3. The van der Waals surface area contributed by atoms with Crippen molar-refractivity contribution in [2.75, 3.05) is 6.61 Å². The van der Waals surface area contributed by atoms with Gasteiger partial charge in [0, 0.05) is 25.0 Å². The summed E-state index contributed by atoms with van der Waals surface area (Å²) in [7, 11) is -4.11. The number of ether oxygens (including phenoxy) is 5. The summed E-state index contributed by atoms with van der Waals surface area (Å²) in [5.41, 5.74) is -1.44. The molecular formula is C42H50F18O9Si. The van der Waals surface area contributed by atoms with Crippen molar-refractivity contribution >= 4 is 26.2 Å². The normalized spacial score (nSPS) is 22.7. The van der Waals surface area contributed by atoms with Gasteiger partial charge in [-0.2, -0.15) is 79.0 Å². The molecule has 1 aliphatic rings. The molecule has 0 spiro atoms. The third-order valence-corrected chi connectivity index (χ3v) is 16.6. The monoisotopic (exact) mass is 1070 g/mol. The van der Waals surface area contributed by atoms with Crippen LogP contribution in [0.5, 0.6) is 5.75 Å². The molecule has 0 unspecified atom stereocenters. The van der Waals surface area contributed by atoms with Crippen molar-refractivity contribution < 1.29 is 122 Å². The molecule has 70 heavy (non-hydrogen) atoms. The first-order valence-electron chi connectivity index (χ1n) is 21.0. The van der Waals surface area contributed by atoms with Gasteiger partial charge in [0.25, 0.3) is 0 Å². The van der Waals surface area contributed by atoms with Crippen LogP contribution in [0, 0.1) is 0 Å². The van der Waals surface area contributed by atoms with E-state index in [4.69, 9.17) is 28.1 Å². The molecule has 1 aromatic carbocycles. The Morgan fingerprint density at radius 1 is 0.600 bits per heavy atom. The first-order valence-corrected chi connectivity index (χ1v) is 23.3. The first-order chi connectivity index (χ1) is 31.6. The van der Waals surface area contributed by atoms with E-state index in [1.807, 2.05) is 0 Å². The van der Waals surface area contributed by atoms with E-state index >= 15 is 0 Å². The summed E-state index contributed by atoms with van der Waals surface area (Å²) in [5.74, 6) is -43.0.